The molecule has 2 heterocycles. The van der Waals surface area contributed by atoms with E-state index in [1.54, 1.807) is 56.6 Å². The van der Waals surface area contributed by atoms with Crippen molar-refractivity contribution in [2.24, 2.45) is 0 Å². The largest absolute Gasteiger partial charge is 0.497 e. The van der Waals surface area contributed by atoms with Gasteiger partial charge in [0.1, 0.15) is 35.9 Å². The number of benzene rings is 1. The first-order valence-corrected chi connectivity index (χ1v) is 7.59. The second-order valence-electron chi connectivity index (χ2n) is 5.17. The van der Waals surface area contributed by atoms with E-state index in [2.05, 4.69) is 20.4 Å². The number of nitrogens with zero attached hydrogens (tertiary/aromatic N) is 4. The Labute approximate surface area is 144 Å². The SMILES string of the molecule is COc1ccc(Oc2ncccc2NC(=O)C(C)n2cncn2)cc1. The second kappa shape index (κ2) is 7.43. The van der Waals surface area contributed by atoms with Crippen molar-refractivity contribution in [1.82, 2.24) is 19.7 Å². The number of nitrogens with one attached hydrogen (secondary N) is 1. The summed E-state index contributed by atoms with van der Waals surface area (Å²) in [4.78, 5) is 20.4. The summed E-state index contributed by atoms with van der Waals surface area (Å²) in [5, 5.41) is 6.77. The van der Waals surface area contributed by atoms with Crippen molar-refractivity contribution in [1.29, 1.82) is 0 Å². The fourth-order valence-corrected chi connectivity index (χ4v) is 2.10. The lowest BCUT2D eigenvalue weighted by Gasteiger charge is -2.14. The number of carbonyl (C=O) groups excluding carboxylic acids is 1. The molecule has 1 N–H and O–H groups in total. The predicted molar refractivity (Wildman–Crippen MR) is 90.7 cm³/mol. The van der Waals surface area contributed by atoms with Gasteiger partial charge in [0.15, 0.2) is 0 Å². The molecular weight excluding hydrogens is 322 g/mol. The predicted octanol–water partition coefficient (Wildman–Crippen LogP) is 2.67. The van der Waals surface area contributed by atoms with Crippen LogP contribution in [0.4, 0.5) is 5.69 Å². The van der Waals surface area contributed by atoms with Crippen LogP contribution in [0.15, 0.2) is 55.2 Å². The molecule has 0 spiro atoms. The fourth-order valence-electron chi connectivity index (χ4n) is 2.10. The van der Waals surface area contributed by atoms with Crippen LogP contribution in [-0.2, 0) is 4.79 Å². The van der Waals surface area contributed by atoms with E-state index in [0.29, 0.717) is 17.3 Å². The third-order valence-electron chi connectivity index (χ3n) is 3.52. The van der Waals surface area contributed by atoms with Crippen molar-refractivity contribution in [2.75, 3.05) is 12.4 Å². The molecule has 25 heavy (non-hydrogen) atoms. The molecule has 1 amide bonds. The summed E-state index contributed by atoms with van der Waals surface area (Å²) in [7, 11) is 1.60. The van der Waals surface area contributed by atoms with E-state index < -0.39 is 6.04 Å². The van der Waals surface area contributed by atoms with Crippen LogP contribution in [-0.4, -0.2) is 32.8 Å². The number of carbonyl (C=O) groups is 1. The van der Waals surface area contributed by atoms with E-state index in [0.717, 1.165) is 5.75 Å². The van der Waals surface area contributed by atoms with Gasteiger partial charge in [-0.2, -0.15) is 5.10 Å². The Hall–Kier alpha value is -3.42. The maximum atomic E-state index is 12.4. The molecule has 0 bridgehead atoms. The number of ether oxygens (including phenoxy) is 2. The van der Waals surface area contributed by atoms with Crippen molar-refractivity contribution in [3.8, 4) is 17.4 Å². The van der Waals surface area contributed by atoms with Gasteiger partial charge in [0, 0.05) is 6.20 Å². The lowest BCUT2D eigenvalue weighted by Crippen LogP contribution is -2.24. The lowest BCUT2D eigenvalue weighted by molar-refractivity contribution is -0.119. The third-order valence-corrected chi connectivity index (χ3v) is 3.52. The Morgan fingerprint density at radius 2 is 1.96 bits per heavy atom. The van der Waals surface area contributed by atoms with E-state index in [9.17, 15) is 4.79 Å². The molecule has 3 rings (SSSR count). The zero-order chi connectivity index (χ0) is 17.6. The van der Waals surface area contributed by atoms with Gasteiger partial charge in [-0.25, -0.2) is 14.6 Å². The van der Waals surface area contributed by atoms with Gasteiger partial charge in [0.25, 0.3) is 0 Å². The molecule has 0 aliphatic heterocycles. The minimum atomic E-state index is -0.517. The minimum Gasteiger partial charge on any atom is -0.497 e. The molecule has 128 valence electrons. The van der Waals surface area contributed by atoms with Gasteiger partial charge in [-0.05, 0) is 43.3 Å². The fraction of sp³-hybridized carbons (Fsp3) is 0.176. The smallest absolute Gasteiger partial charge is 0.249 e. The highest BCUT2D eigenvalue weighted by Crippen LogP contribution is 2.28. The first-order valence-electron chi connectivity index (χ1n) is 7.59. The molecule has 2 aromatic heterocycles. The van der Waals surface area contributed by atoms with Gasteiger partial charge in [-0.15, -0.1) is 0 Å². The molecule has 0 radical (unpaired) electrons. The highest BCUT2D eigenvalue weighted by atomic mass is 16.5. The zero-order valence-corrected chi connectivity index (χ0v) is 13.8. The Morgan fingerprint density at radius 1 is 1.20 bits per heavy atom. The second-order valence-corrected chi connectivity index (χ2v) is 5.17. The van der Waals surface area contributed by atoms with Crippen molar-refractivity contribution >= 4 is 11.6 Å². The molecular formula is C17H17N5O3. The molecule has 0 aliphatic rings. The van der Waals surface area contributed by atoms with Gasteiger partial charge >= 0.3 is 0 Å². The van der Waals surface area contributed by atoms with Crippen LogP contribution in [0.25, 0.3) is 0 Å². The Bertz CT molecular complexity index is 834. The summed E-state index contributed by atoms with van der Waals surface area (Å²) in [6, 6.07) is 10.0. The molecule has 0 fully saturated rings. The molecule has 8 nitrogen and oxygen atoms in total. The van der Waals surface area contributed by atoms with Crippen LogP contribution in [0, 0.1) is 0 Å². The maximum Gasteiger partial charge on any atom is 0.249 e. The molecule has 0 saturated carbocycles. The van der Waals surface area contributed by atoms with E-state index >= 15 is 0 Å². The first kappa shape index (κ1) is 16.4. The van der Waals surface area contributed by atoms with Crippen LogP contribution in [0.5, 0.6) is 17.4 Å². The Kier molecular flexibility index (Phi) is 4.89. The van der Waals surface area contributed by atoms with Crippen molar-refractivity contribution in [3.63, 3.8) is 0 Å². The zero-order valence-electron chi connectivity index (χ0n) is 13.8. The number of rotatable bonds is 6. The number of pyridine rings is 1. The minimum absolute atomic E-state index is 0.252. The summed E-state index contributed by atoms with van der Waals surface area (Å²) in [6.45, 7) is 1.73. The van der Waals surface area contributed by atoms with Crippen molar-refractivity contribution in [3.05, 3.63) is 55.2 Å². The molecule has 0 saturated heterocycles. The number of anilines is 1. The molecule has 8 heteroatoms. The van der Waals surface area contributed by atoms with Crippen LogP contribution >= 0.6 is 0 Å². The first-order chi connectivity index (χ1) is 12.2. The summed E-state index contributed by atoms with van der Waals surface area (Å²) >= 11 is 0. The average Bonchev–Trinajstić information content (AvgIpc) is 3.18. The monoisotopic (exact) mass is 339 g/mol. The van der Waals surface area contributed by atoms with Crippen molar-refractivity contribution in [2.45, 2.75) is 13.0 Å². The van der Waals surface area contributed by atoms with Gasteiger partial charge < -0.3 is 14.8 Å². The Balaban J connectivity index is 1.75. The third kappa shape index (κ3) is 3.92. The molecule has 1 atom stereocenters. The maximum absolute atomic E-state index is 12.4. The van der Waals surface area contributed by atoms with Gasteiger partial charge in [-0.3, -0.25) is 4.79 Å². The van der Waals surface area contributed by atoms with Crippen LogP contribution in [0.1, 0.15) is 13.0 Å². The summed E-state index contributed by atoms with van der Waals surface area (Å²) < 4.78 is 12.3. The normalized spacial score (nSPS) is 11.6. The topological polar surface area (TPSA) is 91.2 Å². The Morgan fingerprint density at radius 3 is 2.64 bits per heavy atom. The molecule has 3 aromatic rings. The number of methoxy groups -OCH3 is 1. The standard InChI is InChI=1S/C17H17N5O3/c1-12(22-11-18-10-20-22)16(23)21-15-4-3-9-19-17(15)25-14-7-5-13(24-2)6-8-14/h3-12H,1-2H3,(H,21,23). The van der Waals surface area contributed by atoms with E-state index in [1.165, 1.54) is 17.3 Å². The van der Waals surface area contributed by atoms with Gasteiger partial charge in [-0.1, -0.05) is 0 Å². The van der Waals surface area contributed by atoms with Crippen LogP contribution in [0.3, 0.4) is 0 Å². The number of hydrogen-bond donors (Lipinski definition) is 1. The van der Waals surface area contributed by atoms with E-state index in [-0.39, 0.29) is 5.91 Å². The van der Waals surface area contributed by atoms with Crippen LogP contribution in [0.2, 0.25) is 0 Å². The summed E-state index contributed by atoms with van der Waals surface area (Å²) in [5.74, 6) is 1.35. The highest BCUT2D eigenvalue weighted by Gasteiger charge is 2.18. The average molecular weight is 339 g/mol. The quantitative estimate of drug-likeness (QED) is 0.742. The molecule has 1 unspecified atom stereocenters. The van der Waals surface area contributed by atoms with E-state index in [1.807, 2.05) is 0 Å². The number of aromatic nitrogens is 4. The summed E-state index contributed by atoms with van der Waals surface area (Å²) in [5.41, 5.74) is 0.468. The van der Waals surface area contributed by atoms with Crippen molar-refractivity contribution < 1.29 is 14.3 Å². The van der Waals surface area contributed by atoms with Gasteiger partial charge in [0.05, 0.1) is 7.11 Å². The lowest BCUT2D eigenvalue weighted by atomic mass is 10.3. The summed E-state index contributed by atoms with van der Waals surface area (Å²) in [6.07, 6.45) is 4.46. The molecule has 0 aliphatic carbocycles. The molecule has 1 aromatic carbocycles. The van der Waals surface area contributed by atoms with Crippen LogP contribution < -0.4 is 14.8 Å². The number of amides is 1. The highest BCUT2D eigenvalue weighted by molar-refractivity contribution is 5.94. The van der Waals surface area contributed by atoms with Gasteiger partial charge in [0.2, 0.25) is 11.8 Å². The number of hydrogen-bond acceptors (Lipinski definition) is 6. The van der Waals surface area contributed by atoms with E-state index in [4.69, 9.17) is 9.47 Å².